The summed E-state index contributed by atoms with van der Waals surface area (Å²) < 4.78 is 0. The quantitative estimate of drug-likeness (QED) is 0.659. The summed E-state index contributed by atoms with van der Waals surface area (Å²) in [6.07, 6.45) is 0. The molecule has 3 N–H and O–H groups in total. The third-order valence-electron chi connectivity index (χ3n) is 3.29. The molecule has 6 nitrogen and oxygen atoms in total. The fraction of sp³-hybridized carbons (Fsp3) is 0.500. The monoisotopic (exact) mass is 306 g/mol. The van der Waals surface area contributed by atoms with Crippen molar-refractivity contribution in [2.75, 3.05) is 33.7 Å². The van der Waals surface area contributed by atoms with Gasteiger partial charge in [-0.1, -0.05) is 29.8 Å². The molecular formula is C16H26N4O2. The van der Waals surface area contributed by atoms with Crippen molar-refractivity contribution in [3.05, 3.63) is 35.4 Å². The molecule has 0 aromatic heterocycles. The highest BCUT2D eigenvalue weighted by atomic mass is 16.2. The van der Waals surface area contributed by atoms with Crippen molar-refractivity contribution in [1.29, 1.82) is 0 Å². The van der Waals surface area contributed by atoms with E-state index >= 15 is 0 Å². The molecule has 0 bridgehead atoms. The molecule has 0 fully saturated rings. The van der Waals surface area contributed by atoms with Crippen LogP contribution in [0.25, 0.3) is 0 Å². The first-order valence-electron chi connectivity index (χ1n) is 7.39. The van der Waals surface area contributed by atoms with Gasteiger partial charge in [0.1, 0.15) is 0 Å². The number of amides is 3. The Morgan fingerprint density at radius 3 is 2.41 bits per heavy atom. The van der Waals surface area contributed by atoms with Crippen molar-refractivity contribution in [2.24, 2.45) is 0 Å². The van der Waals surface area contributed by atoms with Crippen LogP contribution in [0.3, 0.4) is 0 Å². The molecule has 0 aliphatic rings. The Morgan fingerprint density at radius 2 is 1.82 bits per heavy atom. The Kier molecular flexibility index (Phi) is 7.39. The molecule has 1 rings (SSSR count). The van der Waals surface area contributed by atoms with E-state index < -0.39 is 0 Å². The topological polar surface area (TPSA) is 73.5 Å². The molecule has 0 heterocycles. The van der Waals surface area contributed by atoms with Crippen LogP contribution >= 0.6 is 0 Å². The summed E-state index contributed by atoms with van der Waals surface area (Å²) in [6.45, 7) is 4.85. The summed E-state index contributed by atoms with van der Waals surface area (Å²) in [5.41, 5.74) is 2.37. The van der Waals surface area contributed by atoms with Crippen LogP contribution in [0, 0.1) is 6.92 Å². The molecule has 3 amide bonds. The van der Waals surface area contributed by atoms with E-state index in [-0.39, 0.29) is 18.0 Å². The molecule has 6 heteroatoms. The summed E-state index contributed by atoms with van der Waals surface area (Å²) in [6, 6.07) is 8.15. The second kappa shape index (κ2) is 9.04. The lowest BCUT2D eigenvalue weighted by atomic mass is 10.0. The van der Waals surface area contributed by atoms with Crippen LogP contribution in [0.2, 0.25) is 0 Å². The van der Waals surface area contributed by atoms with Crippen molar-refractivity contribution < 1.29 is 9.59 Å². The van der Waals surface area contributed by atoms with E-state index in [1.165, 1.54) is 18.1 Å². The molecule has 122 valence electrons. The first-order valence-corrected chi connectivity index (χ1v) is 7.39. The molecule has 0 spiro atoms. The van der Waals surface area contributed by atoms with Gasteiger partial charge in [0.25, 0.3) is 0 Å². The van der Waals surface area contributed by atoms with Crippen molar-refractivity contribution in [1.82, 2.24) is 20.9 Å². The Balaban J connectivity index is 2.45. The van der Waals surface area contributed by atoms with Gasteiger partial charge in [0, 0.05) is 26.6 Å². The number of benzene rings is 1. The first-order chi connectivity index (χ1) is 10.4. The van der Waals surface area contributed by atoms with Gasteiger partial charge in [-0.2, -0.15) is 0 Å². The number of aryl methyl sites for hydroxylation is 1. The van der Waals surface area contributed by atoms with Crippen LogP contribution in [0.5, 0.6) is 0 Å². The van der Waals surface area contributed by atoms with Crippen molar-refractivity contribution in [3.63, 3.8) is 0 Å². The van der Waals surface area contributed by atoms with E-state index in [1.807, 2.05) is 20.2 Å². The number of likely N-dealkylation sites (N-methyl/N-ethyl adjacent to an activating group) is 1. The fourth-order valence-corrected chi connectivity index (χ4v) is 2.14. The maximum absolute atomic E-state index is 11.8. The van der Waals surface area contributed by atoms with Gasteiger partial charge < -0.3 is 20.9 Å². The molecule has 0 saturated heterocycles. The zero-order valence-corrected chi connectivity index (χ0v) is 13.8. The summed E-state index contributed by atoms with van der Waals surface area (Å²) >= 11 is 0. The number of hydrogen-bond donors (Lipinski definition) is 3. The third-order valence-corrected chi connectivity index (χ3v) is 3.29. The van der Waals surface area contributed by atoms with Gasteiger partial charge in [-0.25, -0.2) is 4.79 Å². The van der Waals surface area contributed by atoms with Gasteiger partial charge in [-0.3, -0.25) is 4.79 Å². The van der Waals surface area contributed by atoms with E-state index in [2.05, 4.69) is 46.0 Å². The van der Waals surface area contributed by atoms with Crippen LogP contribution in [0.1, 0.15) is 24.1 Å². The number of carbonyl (C=O) groups is 2. The van der Waals surface area contributed by atoms with Gasteiger partial charge in [-0.15, -0.1) is 0 Å². The summed E-state index contributed by atoms with van der Waals surface area (Å²) in [7, 11) is 3.98. The first kappa shape index (κ1) is 18.0. The van der Waals surface area contributed by atoms with Gasteiger partial charge in [-0.05, 0) is 26.6 Å². The van der Waals surface area contributed by atoms with E-state index in [1.54, 1.807) is 0 Å². The lowest BCUT2D eigenvalue weighted by Crippen LogP contribution is -2.43. The van der Waals surface area contributed by atoms with Crippen LogP contribution in [-0.4, -0.2) is 50.6 Å². The minimum Gasteiger partial charge on any atom is -0.355 e. The lowest BCUT2D eigenvalue weighted by Gasteiger charge is -2.25. The van der Waals surface area contributed by atoms with Gasteiger partial charge in [0.05, 0.1) is 6.04 Å². The Bertz CT molecular complexity index is 503. The fourth-order valence-electron chi connectivity index (χ4n) is 2.14. The zero-order chi connectivity index (χ0) is 16.5. The Hall–Kier alpha value is -2.08. The van der Waals surface area contributed by atoms with Crippen molar-refractivity contribution >= 4 is 11.9 Å². The highest BCUT2D eigenvalue weighted by molar-refractivity contribution is 5.74. The number of rotatable bonds is 7. The van der Waals surface area contributed by atoms with Gasteiger partial charge >= 0.3 is 6.03 Å². The average molecular weight is 306 g/mol. The third kappa shape index (κ3) is 6.58. The highest BCUT2D eigenvalue weighted by Gasteiger charge is 2.15. The minimum atomic E-state index is -0.232. The summed E-state index contributed by atoms with van der Waals surface area (Å²) in [4.78, 5) is 24.6. The molecule has 0 radical (unpaired) electrons. The average Bonchev–Trinajstić information content (AvgIpc) is 2.43. The maximum atomic E-state index is 11.8. The predicted octanol–water partition coefficient (Wildman–Crippen LogP) is 1.03. The lowest BCUT2D eigenvalue weighted by molar-refractivity contribution is -0.118. The highest BCUT2D eigenvalue weighted by Crippen LogP contribution is 2.18. The number of hydrogen-bond acceptors (Lipinski definition) is 3. The van der Waals surface area contributed by atoms with Gasteiger partial charge in [0.2, 0.25) is 5.91 Å². The normalized spacial score (nSPS) is 11.9. The molecule has 0 saturated carbocycles. The Labute approximate surface area is 132 Å². The molecule has 22 heavy (non-hydrogen) atoms. The molecule has 1 aromatic carbocycles. The molecule has 1 unspecified atom stereocenters. The van der Waals surface area contributed by atoms with Crippen LogP contribution in [0.4, 0.5) is 4.79 Å². The van der Waals surface area contributed by atoms with Crippen LogP contribution < -0.4 is 16.0 Å². The van der Waals surface area contributed by atoms with Gasteiger partial charge in [0.15, 0.2) is 0 Å². The second-order valence-electron chi connectivity index (χ2n) is 5.51. The van der Waals surface area contributed by atoms with E-state index in [0.717, 1.165) is 0 Å². The molecule has 1 aromatic rings. The second-order valence-corrected chi connectivity index (χ2v) is 5.51. The minimum absolute atomic E-state index is 0.102. The van der Waals surface area contributed by atoms with E-state index in [0.29, 0.717) is 19.6 Å². The number of carbonyl (C=O) groups excluding carboxylic acids is 2. The SMILES string of the molecule is CC(=O)NCCNC(=O)NCC(c1cccc(C)c1)N(C)C. The molecule has 1 atom stereocenters. The number of urea groups is 1. The maximum Gasteiger partial charge on any atom is 0.314 e. The largest absolute Gasteiger partial charge is 0.355 e. The number of nitrogens with one attached hydrogen (secondary N) is 3. The zero-order valence-electron chi connectivity index (χ0n) is 13.8. The van der Waals surface area contributed by atoms with Crippen LogP contribution in [0.15, 0.2) is 24.3 Å². The molecule has 0 aliphatic heterocycles. The standard InChI is InChI=1S/C16H26N4O2/c1-12-6-5-7-14(10-12)15(20(3)4)11-19-16(22)18-9-8-17-13(2)21/h5-7,10,15H,8-9,11H2,1-4H3,(H,17,21)(H2,18,19,22). The van der Waals surface area contributed by atoms with E-state index in [4.69, 9.17) is 0 Å². The molecule has 0 aliphatic carbocycles. The summed E-state index contributed by atoms with van der Waals surface area (Å²) in [5, 5.41) is 8.20. The molecular weight excluding hydrogens is 280 g/mol. The predicted molar refractivity (Wildman–Crippen MR) is 87.7 cm³/mol. The van der Waals surface area contributed by atoms with E-state index in [9.17, 15) is 9.59 Å². The Morgan fingerprint density at radius 1 is 1.14 bits per heavy atom. The van der Waals surface area contributed by atoms with Crippen molar-refractivity contribution in [2.45, 2.75) is 19.9 Å². The summed E-state index contributed by atoms with van der Waals surface area (Å²) in [5.74, 6) is -0.102. The number of nitrogens with zero attached hydrogens (tertiary/aromatic N) is 1. The van der Waals surface area contributed by atoms with Crippen LogP contribution in [-0.2, 0) is 4.79 Å². The smallest absolute Gasteiger partial charge is 0.314 e. The van der Waals surface area contributed by atoms with Crippen molar-refractivity contribution in [3.8, 4) is 0 Å².